The fourth-order valence-electron chi connectivity index (χ4n) is 2.96. The molecule has 2 heterocycles. The third-order valence-corrected chi connectivity index (χ3v) is 5.71. The molecule has 2 aromatic heterocycles. The van der Waals surface area contributed by atoms with Crippen molar-refractivity contribution in [3.8, 4) is 0 Å². The Morgan fingerprint density at radius 2 is 2.08 bits per heavy atom. The van der Waals surface area contributed by atoms with Crippen LogP contribution in [0.4, 0.5) is 0 Å². The molecule has 3 aromatic rings. The van der Waals surface area contributed by atoms with Crippen LogP contribution in [0.3, 0.4) is 0 Å². The van der Waals surface area contributed by atoms with E-state index in [4.69, 9.17) is 16.3 Å². The van der Waals surface area contributed by atoms with Gasteiger partial charge in [-0.25, -0.2) is 4.98 Å². The Morgan fingerprint density at radius 3 is 2.76 bits per heavy atom. The molecule has 0 N–H and O–H groups in total. The van der Waals surface area contributed by atoms with Crippen molar-refractivity contribution < 1.29 is 9.53 Å². The third kappa shape index (κ3) is 2.85. The van der Waals surface area contributed by atoms with Gasteiger partial charge in [0, 0.05) is 22.2 Å². The van der Waals surface area contributed by atoms with E-state index < -0.39 is 5.41 Å². The number of hydrogen-bond donors (Lipinski definition) is 0. The van der Waals surface area contributed by atoms with Crippen LogP contribution in [0.1, 0.15) is 29.8 Å². The number of carbonyl (C=O) groups is 1. The van der Waals surface area contributed by atoms with Crippen molar-refractivity contribution in [2.45, 2.75) is 31.8 Å². The predicted octanol–water partition coefficient (Wildman–Crippen LogP) is 3.49. The lowest BCUT2D eigenvalue weighted by Gasteiger charge is -2.14. The summed E-state index contributed by atoms with van der Waals surface area (Å²) in [7, 11) is 0. The number of carbonyl (C=O) groups excluding carboxylic acids is 1. The van der Waals surface area contributed by atoms with Gasteiger partial charge < -0.3 is 4.74 Å². The molecular weight excluding hydrogens is 360 g/mol. The highest BCUT2D eigenvalue weighted by Crippen LogP contribution is 2.49. The summed E-state index contributed by atoms with van der Waals surface area (Å²) in [6, 6.07) is 8.70. The fraction of sp³-hybridized carbons (Fsp3) is 0.278. The number of hydrogen-bond acceptors (Lipinski definition) is 5. The molecule has 0 spiro atoms. The highest BCUT2D eigenvalue weighted by atomic mass is 35.5. The van der Waals surface area contributed by atoms with Crippen molar-refractivity contribution >= 4 is 33.9 Å². The Balaban J connectivity index is 1.52. The fourth-order valence-corrected chi connectivity index (χ4v) is 3.97. The van der Waals surface area contributed by atoms with E-state index in [0.29, 0.717) is 15.7 Å². The van der Waals surface area contributed by atoms with Crippen LogP contribution in [-0.4, -0.2) is 15.4 Å². The van der Waals surface area contributed by atoms with Gasteiger partial charge in [-0.15, -0.1) is 11.3 Å². The van der Waals surface area contributed by atoms with E-state index in [2.05, 4.69) is 4.98 Å². The number of fused-ring (bicyclic) bond motifs is 1. The monoisotopic (exact) mass is 374 g/mol. The summed E-state index contributed by atoms with van der Waals surface area (Å²) in [5, 5.41) is 2.51. The van der Waals surface area contributed by atoms with Gasteiger partial charge in [-0.05, 0) is 37.5 Å². The number of aryl methyl sites for hydroxylation is 1. The Labute approximate surface area is 152 Å². The number of esters is 1. The van der Waals surface area contributed by atoms with Crippen LogP contribution in [0.2, 0.25) is 5.02 Å². The summed E-state index contributed by atoms with van der Waals surface area (Å²) in [6.45, 7) is 1.85. The zero-order valence-electron chi connectivity index (χ0n) is 13.5. The summed E-state index contributed by atoms with van der Waals surface area (Å²) < 4.78 is 7.02. The molecule has 0 aliphatic heterocycles. The van der Waals surface area contributed by atoms with Gasteiger partial charge in [0.25, 0.3) is 5.56 Å². The average Bonchev–Trinajstić information content (AvgIpc) is 3.32. The molecule has 0 radical (unpaired) electrons. The second kappa shape index (κ2) is 5.97. The molecule has 0 atom stereocenters. The molecule has 5 nitrogen and oxygen atoms in total. The van der Waals surface area contributed by atoms with E-state index in [1.807, 2.05) is 24.4 Å². The molecule has 1 aliphatic rings. The highest BCUT2D eigenvalue weighted by Gasteiger charge is 2.52. The summed E-state index contributed by atoms with van der Waals surface area (Å²) in [6.07, 6.45) is 1.51. The molecule has 1 aromatic carbocycles. The predicted molar refractivity (Wildman–Crippen MR) is 96.2 cm³/mol. The van der Waals surface area contributed by atoms with E-state index in [1.54, 1.807) is 16.5 Å². The topological polar surface area (TPSA) is 60.7 Å². The summed E-state index contributed by atoms with van der Waals surface area (Å²) in [4.78, 5) is 29.7. The number of thiazole rings is 1. The van der Waals surface area contributed by atoms with Gasteiger partial charge in [0.15, 0.2) is 4.96 Å². The summed E-state index contributed by atoms with van der Waals surface area (Å²) in [5.41, 5.74) is 1.49. The second-order valence-corrected chi connectivity index (χ2v) is 7.52. The van der Waals surface area contributed by atoms with Crippen molar-refractivity contribution in [3.05, 3.63) is 68.0 Å². The lowest BCUT2D eigenvalue weighted by atomic mass is 9.96. The average molecular weight is 375 g/mol. The maximum atomic E-state index is 12.6. The van der Waals surface area contributed by atoms with Gasteiger partial charge in [-0.3, -0.25) is 14.0 Å². The Kier molecular flexibility index (Phi) is 3.89. The van der Waals surface area contributed by atoms with E-state index >= 15 is 0 Å². The van der Waals surface area contributed by atoms with Gasteiger partial charge >= 0.3 is 5.97 Å². The van der Waals surface area contributed by atoms with Crippen LogP contribution in [0.5, 0.6) is 0 Å². The van der Waals surface area contributed by atoms with Crippen molar-refractivity contribution in [2.75, 3.05) is 0 Å². The molecule has 0 saturated heterocycles. The minimum atomic E-state index is -0.580. The van der Waals surface area contributed by atoms with Crippen LogP contribution >= 0.6 is 22.9 Å². The molecular formula is C18H15ClN2O3S. The van der Waals surface area contributed by atoms with E-state index in [0.717, 1.165) is 24.1 Å². The Morgan fingerprint density at radius 1 is 1.36 bits per heavy atom. The van der Waals surface area contributed by atoms with Crippen LogP contribution in [0.25, 0.3) is 4.96 Å². The van der Waals surface area contributed by atoms with Gasteiger partial charge in [0.1, 0.15) is 6.61 Å². The number of ether oxygens (including phenoxy) is 1. The molecule has 128 valence electrons. The molecule has 0 bridgehead atoms. The molecule has 1 fully saturated rings. The summed E-state index contributed by atoms with van der Waals surface area (Å²) >= 11 is 7.30. The first-order valence-corrected chi connectivity index (χ1v) is 9.15. The summed E-state index contributed by atoms with van der Waals surface area (Å²) in [5.74, 6) is -0.279. The van der Waals surface area contributed by atoms with Crippen LogP contribution < -0.4 is 5.56 Å². The molecule has 0 amide bonds. The second-order valence-electron chi connectivity index (χ2n) is 6.25. The van der Waals surface area contributed by atoms with E-state index in [9.17, 15) is 9.59 Å². The first-order valence-electron chi connectivity index (χ1n) is 7.90. The third-order valence-electron chi connectivity index (χ3n) is 4.52. The van der Waals surface area contributed by atoms with E-state index in [-0.39, 0.29) is 18.1 Å². The molecule has 25 heavy (non-hydrogen) atoms. The number of benzene rings is 1. The van der Waals surface area contributed by atoms with Crippen LogP contribution in [0.15, 0.2) is 40.5 Å². The quantitative estimate of drug-likeness (QED) is 0.656. The maximum Gasteiger partial charge on any atom is 0.316 e. The maximum absolute atomic E-state index is 12.6. The minimum absolute atomic E-state index is 0.00311. The minimum Gasteiger partial charge on any atom is -0.458 e. The first-order chi connectivity index (χ1) is 12.0. The van der Waals surface area contributed by atoms with Crippen LogP contribution in [0, 0.1) is 6.92 Å². The lowest BCUT2D eigenvalue weighted by molar-refractivity contribution is -0.148. The lowest BCUT2D eigenvalue weighted by Crippen LogP contribution is -2.24. The standard InChI is InChI=1S/C18H15ClN2O3S/c1-11-10-25-17-20-14(8-15(22)21(11)17)9-24-16(23)18(6-7-18)12-2-4-13(19)5-3-12/h2-5,8,10H,6-7,9H2,1H3. The van der Waals surface area contributed by atoms with Gasteiger partial charge in [0.2, 0.25) is 0 Å². The molecule has 1 aliphatic carbocycles. The smallest absolute Gasteiger partial charge is 0.316 e. The Hall–Kier alpha value is -2.18. The van der Waals surface area contributed by atoms with Crippen molar-refractivity contribution in [1.29, 1.82) is 0 Å². The van der Waals surface area contributed by atoms with Gasteiger partial charge in [-0.1, -0.05) is 23.7 Å². The molecule has 1 saturated carbocycles. The zero-order chi connectivity index (χ0) is 17.6. The van der Waals surface area contributed by atoms with E-state index in [1.165, 1.54) is 17.4 Å². The van der Waals surface area contributed by atoms with Gasteiger partial charge in [-0.2, -0.15) is 0 Å². The number of nitrogens with zero attached hydrogens (tertiary/aromatic N) is 2. The number of rotatable bonds is 4. The number of aromatic nitrogens is 2. The highest BCUT2D eigenvalue weighted by molar-refractivity contribution is 7.15. The normalized spacial score (nSPS) is 15.3. The van der Waals surface area contributed by atoms with Crippen molar-refractivity contribution in [1.82, 2.24) is 9.38 Å². The van der Waals surface area contributed by atoms with Crippen molar-refractivity contribution in [3.63, 3.8) is 0 Å². The largest absolute Gasteiger partial charge is 0.458 e. The number of halogens is 1. The molecule has 4 rings (SSSR count). The van der Waals surface area contributed by atoms with Crippen molar-refractivity contribution in [2.24, 2.45) is 0 Å². The molecule has 0 unspecified atom stereocenters. The Bertz CT molecular complexity index is 1020. The van der Waals surface area contributed by atoms with Crippen LogP contribution in [-0.2, 0) is 21.6 Å². The first kappa shape index (κ1) is 16.3. The molecule has 7 heteroatoms. The SMILES string of the molecule is Cc1csc2nc(COC(=O)C3(c4ccc(Cl)cc4)CC3)cc(=O)n12. The van der Waals surface area contributed by atoms with Gasteiger partial charge in [0.05, 0.1) is 11.1 Å². The zero-order valence-corrected chi connectivity index (χ0v) is 15.1.